The summed E-state index contributed by atoms with van der Waals surface area (Å²) in [6.45, 7) is 7.77. The molecule has 100 valence electrons. The van der Waals surface area contributed by atoms with Gasteiger partial charge in [-0.25, -0.2) is 4.79 Å². The zero-order valence-corrected chi connectivity index (χ0v) is 11.2. The van der Waals surface area contributed by atoms with Crippen molar-refractivity contribution in [2.45, 2.75) is 26.7 Å². The molecule has 1 aliphatic heterocycles. The summed E-state index contributed by atoms with van der Waals surface area (Å²) in [4.78, 5) is 14.1. The predicted molar refractivity (Wildman–Crippen MR) is 69.0 cm³/mol. The maximum Gasteiger partial charge on any atom is 0.334 e. The van der Waals surface area contributed by atoms with E-state index in [0.29, 0.717) is 6.61 Å². The van der Waals surface area contributed by atoms with E-state index >= 15 is 0 Å². The van der Waals surface area contributed by atoms with Crippen molar-refractivity contribution >= 4 is 5.97 Å². The third-order valence-corrected chi connectivity index (χ3v) is 3.43. The zero-order chi connectivity index (χ0) is 13.0. The second kappa shape index (κ2) is 6.05. The van der Waals surface area contributed by atoms with Gasteiger partial charge in [-0.15, -0.1) is 0 Å². The van der Waals surface area contributed by atoms with E-state index in [2.05, 4.69) is 11.0 Å². The molecule has 18 heavy (non-hydrogen) atoms. The van der Waals surface area contributed by atoms with Gasteiger partial charge in [-0.1, -0.05) is 0 Å². The van der Waals surface area contributed by atoms with Crippen LogP contribution in [0.15, 0.2) is 22.9 Å². The number of nitrogens with zero attached hydrogens (tertiary/aromatic N) is 1. The van der Waals surface area contributed by atoms with Crippen LogP contribution in [0.4, 0.5) is 0 Å². The van der Waals surface area contributed by atoms with Gasteiger partial charge in [0, 0.05) is 24.4 Å². The fraction of sp³-hybridized carbons (Fsp3) is 0.643. The molecule has 4 nitrogen and oxygen atoms in total. The topological polar surface area (TPSA) is 38.8 Å². The average molecular weight is 251 g/mol. The van der Waals surface area contributed by atoms with Gasteiger partial charge in [0.25, 0.3) is 0 Å². The molecule has 0 aromatic rings. The average Bonchev–Trinajstić information content (AvgIpc) is 2.40. The molecule has 0 N–H and O–H groups in total. The SMILES string of the molecule is CCOC(=O)C1=C(C)C=C(N2CCOCC2)CC1. The van der Waals surface area contributed by atoms with Gasteiger partial charge in [0.1, 0.15) is 0 Å². The lowest BCUT2D eigenvalue weighted by molar-refractivity contribution is -0.138. The fourth-order valence-electron chi connectivity index (χ4n) is 2.44. The van der Waals surface area contributed by atoms with Crippen molar-refractivity contribution in [1.29, 1.82) is 0 Å². The van der Waals surface area contributed by atoms with E-state index in [1.165, 1.54) is 5.70 Å². The van der Waals surface area contributed by atoms with Gasteiger partial charge in [-0.2, -0.15) is 0 Å². The monoisotopic (exact) mass is 251 g/mol. The Morgan fingerprint density at radius 3 is 2.72 bits per heavy atom. The molecule has 0 radical (unpaired) electrons. The second-order valence-electron chi connectivity index (χ2n) is 4.62. The molecule has 1 saturated heterocycles. The lowest BCUT2D eigenvalue weighted by Crippen LogP contribution is -2.36. The Hall–Kier alpha value is -1.29. The molecule has 4 heteroatoms. The van der Waals surface area contributed by atoms with Gasteiger partial charge >= 0.3 is 5.97 Å². The quantitative estimate of drug-likeness (QED) is 0.718. The Balaban J connectivity index is 2.08. The zero-order valence-electron chi connectivity index (χ0n) is 11.2. The normalized spacial score (nSPS) is 20.8. The highest BCUT2D eigenvalue weighted by Gasteiger charge is 2.21. The minimum Gasteiger partial charge on any atom is -0.463 e. The van der Waals surface area contributed by atoms with Crippen LogP contribution in [0.5, 0.6) is 0 Å². The van der Waals surface area contributed by atoms with Gasteiger partial charge in [0.2, 0.25) is 0 Å². The van der Waals surface area contributed by atoms with Gasteiger partial charge in [-0.05, 0) is 38.3 Å². The fourth-order valence-corrected chi connectivity index (χ4v) is 2.44. The molecule has 1 aliphatic carbocycles. The number of hydrogen-bond donors (Lipinski definition) is 0. The van der Waals surface area contributed by atoms with E-state index in [-0.39, 0.29) is 5.97 Å². The van der Waals surface area contributed by atoms with Crippen molar-refractivity contribution < 1.29 is 14.3 Å². The predicted octanol–water partition coefficient (Wildman–Crippen LogP) is 1.88. The van der Waals surface area contributed by atoms with Crippen LogP contribution in [0.25, 0.3) is 0 Å². The van der Waals surface area contributed by atoms with Crippen LogP contribution in [-0.2, 0) is 14.3 Å². The molecule has 1 fully saturated rings. The molecule has 0 aromatic carbocycles. The molecule has 0 amide bonds. The van der Waals surface area contributed by atoms with Crippen LogP contribution in [0, 0.1) is 0 Å². The summed E-state index contributed by atoms with van der Waals surface area (Å²) in [6.07, 6.45) is 3.83. The second-order valence-corrected chi connectivity index (χ2v) is 4.62. The van der Waals surface area contributed by atoms with Crippen molar-refractivity contribution in [3.8, 4) is 0 Å². The first kappa shape index (κ1) is 13.1. The standard InChI is InChI=1S/C14H21NO3/c1-3-18-14(16)13-5-4-12(10-11(13)2)15-6-8-17-9-7-15/h10H,3-9H2,1-2H3. The highest BCUT2D eigenvalue weighted by atomic mass is 16.5. The smallest absolute Gasteiger partial charge is 0.334 e. The summed E-state index contributed by atoms with van der Waals surface area (Å²) >= 11 is 0. The summed E-state index contributed by atoms with van der Waals surface area (Å²) in [5.41, 5.74) is 3.19. The number of carbonyl (C=O) groups is 1. The number of esters is 1. The van der Waals surface area contributed by atoms with E-state index < -0.39 is 0 Å². The minimum absolute atomic E-state index is 0.160. The molecular weight excluding hydrogens is 230 g/mol. The van der Waals surface area contributed by atoms with Crippen LogP contribution >= 0.6 is 0 Å². The summed E-state index contributed by atoms with van der Waals surface area (Å²) in [5.74, 6) is -0.160. The van der Waals surface area contributed by atoms with Gasteiger partial charge in [0.15, 0.2) is 0 Å². The van der Waals surface area contributed by atoms with Gasteiger partial charge in [-0.3, -0.25) is 0 Å². The summed E-state index contributed by atoms with van der Waals surface area (Å²) < 4.78 is 10.4. The van der Waals surface area contributed by atoms with E-state index in [1.807, 2.05) is 13.8 Å². The summed E-state index contributed by atoms with van der Waals surface area (Å²) in [5, 5.41) is 0. The van der Waals surface area contributed by atoms with Crippen molar-refractivity contribution in [3.05, 3.63) is 22.9 Å². The third kappa shape index (κ3) is 2.93. The number of rotatable bonds is 3. The number of hydrogen-bond acceptors (Lipinski definition) is 4. The Bertz CT molecular complexity index is 379. The Kier molecular flexibility index (Phi) is 4.42. The molecule has 0 bridgehead atoms. The van der Waals surface area contributed by atoms with Gasteiger partial charge < -0.3 is 14.4 Å². The summed E-state index contributed by atoms with van der Waals surface area (Å²) in [6, 6.07) is 0. The van der Waals surface area contributed by atoms with Crippen molar-refractivity contribution in [2.75, 3.05) is 32.9 Å². The Morgan fingerprint density at radius 2 is 2.11 bits per heavy atom. The molecule has 2 aliphatic rings. The minimum atomic E-state index is -0.160. The maximum atomic E-state index is 11.7. The third-order valence-electron chi connectivity index (χ3n) is 3.43. The Morgan fingerprint density at radius 1 is 1.39 bits per heavy atom. The maximum absolute atomic E-state index is 11.7. The largest absolute Gasteiger partial charge is 0.463 e. The van der Waals surface area contributed by atoms with Crippen LogP contribution in [0.2, 0.25) is 0 Å². The molecular formula is C14H21NO3. The van der Waals surface area contributed by atoms with Crippen LogP contribution in [0.3, 0.4) is 0 Å². The molecule has 2 rings (SSSR count). The summed E-state index contributed by atoms with van der Waals surface area (Å²) in [7, 11) is 0. The van der Waals surface area contributed by atoms with E-state index in [4.69, 9.17) is 9.47 Å². The first-order valence-electron chi connectivity index (χ1n) is 6.62. The number of allylic oxidation sites excluding steroid dienone is 3. The van der Waals surface area contributed by atoms with E-state index in [1.54, 1.807) is 0 Å². The van der Waals surface area contributed by atoms with Crippen molar-refractivity contribution in [1.82, 2.24) is 4.90 Å². The number of carbonyl (C=O) groups excluding carboxylic acids is 1. The lowest BCUT2D eigenvalue weighted by Gasteiger charge is -2.33. The first-order chi connectivity index (χ1) is 8.72. The van der Waals surface area contributed by atoms with Crippen LogP contribution in [0.1, 0.15) is 26.7 Å². The number of ether oxygens (including phenoxy) is 2. The van der Waals surface area contributed by atoms with Crippen LogP contribution < -0.4 is 0 Å². The van der Waals surface area contributed by atoms with E-state index in [9.17, 15) is 4.79 Å². The van der Waals surface area contributed by atoms with Crippen LogP contribution in [-0.4, -0.2) is 43.8 Å². The van der Waals surface area contributed by atoms with Crippen molar-refractivity contribution in [3.63, 3.8) is 0 Å². The number of morpholine rings is 1. The highest BCUT2D eigenvalue weighted by molar-refractivity contribution is 5.90. The van der Waals surface area contributed by atoms with Gasteiger partial charge in [0.05, 0.1) is 19.8 Å². The first-order valence-corrected chi connectivity index (χ1v) is 6.62. The molecule has 0 aromatic heterocycles. The van der Waals surface area contributed by atoms with E-state index in [0.717, 1.165) is 50.3 Å². The van der Waals surface area contributed by atoms with Crippen molar-refractivity contribution in [2.24, 2.45) is 0 Å². The Labute approximate surface area is 108 Å². The molecule has 1 heterocycles. The molecule has 0 spiro atoms. The molecule has 0 unspecified atom stereocenters. The highest BCUT2D eigenvalue weighted by Crippen LogP contribution is 2.27. The molecule has 0 atom stereocenters. The lowest BCUT2D eigenvalue weighted by atomic mass is 9.95. The molecule has 0 saturated carbocycles.